The quantitative estimate of drug-likeness (QED) is 0.00952. The zero-order valence-corrected chi connectivity index (χ0v) is 51.6. The number of carboxylic acids is 3. The van der Waals surface area contributed by atoms with E-state index in [1.807, 2.05) is 0 Å². The standard InChI is InChI=1S/C26H30O7.C24H26O8.C10H16Cl2O2.C7H6O3.CH4/c1-19(27)20-13-9-11-15-22(20)32-24(28)17-7-5-3-4-6-8-18-25(29)33-23-16-12-10-14-21(23)26(30)31-2;25-21(31-19-13-9-7-11-17(19)23(27)28)15-5-3-1-2-4-6-16-22(26)32-20-14-10-8-12-18(20)24(29)30;11-9(13)7-5-3-1-2-4-6-8-10(12)14;8-6-4-2-1-3-5(6)7(9)10;/h9-16H,3-8,17-18H2,1-2H3;7-14H,1-6,15-16H2,(H,27,28)(H,29,30);1-8H2;1-4,8H,(H,9,10);1H4. The lowest BCUT2D eigenvalue weighted by atomic mass is 10.1. The van der Waals surface area contributed by atoms with Crippen molar-refractivity contribution in [1.29, 1.82) is 0 Å². The van der Waals surface area contributed by atoms with Crippen molar-refractivity contribution in [3.05, 3.63) is 149 Å². The zero-order chi connectivity index (χ0) is 65.8. The van der Waals surface area contributed by atoms with Gasteiger partial charge in [0.05, 0.1) is 12.7 Å². The molecule has 0 heterocycles. The number of hydrogen-bond donors (Lipinski definition) is 4. The number of carbonyl (C=O) groups is 11. The van der Waals surface area contributed by atoms with Crippen LogP contribution in [0.3, 0.4) is 0 Å². The first-order valence-electron chi connectivity index (χ1n) is 29.3. The summed E-state index contributed by atoms with van der Waals surface area (Å²) in [5, 5.41) is 35.0. The molecule has 0 radical (unpaired) electrons. The number of aromatic hydroxyl groups is 1. The minimum atomic E-state index is -1.15. The van der Waals surface area contributed by atoms with Gasteiger partial charge in [0.1, 0.15) is 51.0 Å². The van der Waals surface area contributed by atoms with E-state index in [-0.39, 0.29) is 107 Å². The Morgan fingerprint density at radius 2 is 0.567 bits per heavy atom. The maximum atomic E-state index is 12.1. The number of carboxylic acid groups (broad SMARTS) is 3. The van der Waals surface area contributed by atoms with Crippen LogP contribution in [-0.4, -0.2) is 91.6 Å². The number of Topliss-reactive ketones (excluding diaryl/α,β-unsaturated/α-hetero) is 1. The van der Waals surface area contributed by atoms with Gasteiger partial charge in [-0.15, -0.1) is 0 Å². The highest BCUT2D eigenvalue weighted by atomic mass is 35.5. The molecule has 0 fully saturated rings. The maximum Gasteiger partial charge on any atom is 0.341 e. The number of esters is 5. The van der Waals surface area contributed by atoms with Crippen molar-refractivity contribution < 1.29 is 96.9 Å². The van der Waals surface area contributed by atoms with E-state index < -0.39 is 35.8 Å². The van der Waals surface area contributed by atoms with Gasteiger partial charge in [-0.2, -0.15) is 0 Å². The summed E-state index contributed by atoms with van der Waals surface area (Å²) in [6, 6.07) is 31.0. The number of benzene rings is 5. The van der Waals surface area contributed by atoms with Gasteiger partial charge in [0.15, 0.2) is 5.78 Å². The monoisotopic (exact) mass is 1290 g/mol. The lowest BCUT2D eigenvalue weighted by Gasteiger charge is -2.08. The van der Waals surface area contributed by atoms with Crippen LogP contribution in [0.25, 0.3) is 0 Å². The highest BCUT2D eigenvalue weighted by molar-refractivity contribution is 6.63. The Bertz CT molecular complexity index is 2990. The molecule has 5 rings (SSSR count). The van der Waals surface area contributed by atoms with Crippen molar-refractivity contribution in [2.45, 2.75) is 168 Å². The fourth-order valence-electron chi connectivity index (χ4n) is 8.22. The Kier molecular flexibility index (Phi) is 41.6. The first-order valence-corrected chi connectivity index (χ1v) is 30.0. The van der Waals surface area contributed by atoms with Gasteiger partial charge in [0.25, 0.3) is 0 Å². The maximum absolute atomic E-state index is 12.1. The van der Waals surface area contributed by atoms with Crippen LogP contribution in [0, 0.1) is 0 Å². The molecule has 0 aliphatic heterocycles. The molecular weight excluding hydrogens is 1210 g/mol. The van der Waals surface area contributed by atoms with Crippen LogP contribution in [-0.2, 0) is 33.5 Å². The second kappa shape index (κ2) is 47.3. The summed E-state index contributed by atoms with van der Waals surface area (Å²) in [5.74, 6) is -5.39. The normalized spacial score (nSPS) is 10.1. The summed E-state index contributed by atoms with van der Waals surface area (Å²) < 4.78 is 25.6. The zero-order valence-electron chi connectivity index (χ0n) is 50.1. The Balaban J connectivity index is 0.000000658. The van der Waals surface area contributed by atoms with E-state index in [0.717, 1.165) is 89.9 Å². The third-order valence-corrected chi connectivity index (χ3v) is 13.2. The van der Waals surface area contributed by atoms with Crippen molar-refractivity contribution in [3.63, 3.8) is 0 Å². The Hall–Kier alpha value is -8.75. The molecule has 0 bridgehead atoms. The minimum absolute atomic E-state index is 0. The van der Waals surface area contributed by atoms with E-state index >= 15 is 0 Å². The second-order valence-electron chi connectivity index (χ2n) is 19.9. The molecule has 0 unspecified atom stereocenters. The third kappa shape index (κ3) is 35.3. The van der Waals surface area contributed by atoms with E-state index in [4.69, 9.17) is 67.3 Å². The Morgan fingerprint density at radius 3 is 0.833 bits per heavy atom. The average molecular weight is 1290 g/mol. The van der Waals surface area contributed by atoms with Gasteiger partial charge in [0.2, 0.25) is 10.5 Å². The Labute approximate surface area is 535 Å². The number of carbonyl (C=O) groups excluding carboxylic acids is 8. The van der Waals surface area contributed by atoms with Crippen molar-refractivity contribution in [2.75, 3.05) is 7.11 Å². The topological polar surface area (TPSA) is 315 Å². The molecule has 0 saturated carbocycles. The summed E-state index contributed by atoms with van der Waals surface area (Å²) in [7, 11) is 1.28. The number of ether oxygens (including phenoxy) is 5. The summed E-state index contributed by atoms with van der Waals surface area (Å²) in [4.78, 5) is 124. The first kappa shape index (κ1) is 79.3. The van der Waals surface area contributed by atoms with E-state index in [1.165, 1.54) is 50.4 Å². The molecule has 0 aliphatic carbocycles. The molecule has 0 spiro atoms. The van der Waals surface area contributed by atoms with Crippen LogP contribution in [0.2, 0.25) is 0 Å². The Morgan fingerprint density at radius 1 is 0.333 bits per heavy atom. The summed E-state index contributed by atoms with van der Waals surface area (Å²) >= 11 is 10.4. The van der Waals surface area contributed by atoms with Gasteiger partial charge in [-0.1, -0.05) is 145 Å². The van der Waals surface area contributed by atoms with Crippen molar-refractivity contribution in [3.8, 4) is 28.7 Å². The predicted molar refractivity (Wildman–Crippen MR) is 338 cm³/mol. The van der Waals surface area contributed by atoms with Crippen LogP contribution < -0.4 is 18.9 Å². The van der Waals surface area contributed by atoms with Crippen molar-refractivity contribution in [2.24, 2.45) is 0 Å². The molecule has 22 heteroatoms. The number of phenols is 1. The average Bonchev–Trinajstić information content (AvgIpc) is 3.37. The number of aromatic carboxylic acids is 3. The van der Waals surface area contributed by atoms with Gasteiger partial charge in [0, 0.05) is 38.5 Å². The lowest BCUT2D eigenvalue weighted by molar-refractivity contribution is -0.135. The molecule has 5 aromatic carbocycles. The molecule has 0 saturated heterocycles. The van der Waals surface area contributed by atoms with Gasteiger partial charge >= 0.3 is 47.8 Å². The van der Waals surface area contributed by atoms with Crippen LogP contribution in [0.5, 0.6) is 28.7 Å². The summed E-state index contributed by atoms with van der Waals surface area (Å²) in [5.41, 5.74) is 0.453. The second-order valence-corrected chi connectivity index (χ2v) is 20.8. The fraction of sp³-hybridized carbons (Fsp3) is 0.397. The van der Waals surface area contributed by atoms with Crippen LogP contribution >= 0.6 is 23.2 Å². The van der Waals surface area contributed by atoms with Gasteiger partial charge < -0.3 is 44.1 Å². The molecule has 5 aromatic rings. The van der Waals surface area contributed by atoms with Crippen LogP contribution in [0.4, 0.5) is 0 Å². The fourth-order valence-corrected chi connectivity index (χ4v) is 8.49. The van der Waals surface area contributed by atoms with E-state index in [0.29, 0.717) is 49.8 Å². The minimum Gasteiger partial charge on any atom is -0.507 e. The molecule has 20 nitrogen and oxygen atoms in total. The van der Waals surface area contributed by atoms with Crippen LogP contribution in [0.15, 0.2) is 121 Å². The molecule has 4 N–H and O–H groups in total. The highest BCUT2D eigenvalue weighted by Gasteiger charge is 2.18. The molecule has 0 amide bonds. The number of rotatable bonds is 36. The number of para-hydroxylation sites is 5. The van der Waals surface area contributed by atoms with Crippen molar-refractivity contribution >= 4 is 87.2 Å². The summed E-state index contributed by atoms with van der Waals surface area (Å²) in [6.45, 7) is 1.44. The largest absolute Gasteiger partial charge is 0.507 e. The van der Waals surface area contributed by atoms with Crippen molar-refractivity contribution in [1.82, 2.24) is 0 Å². The smallest absolute Gasteiger partial charge is 0.341 e. The molecule has 0 aliphatic rings. The number of hydrogen-bond acceptors (Lipinski definition) is 17. The molecule has 90 heavy (non-hydrogen) atoms. The van der Waals surface area contributed by atoms with E-state index in [1.54, 1.807) is 84.9 Å². The molecule has 488 valence electrons. The van der Waals surface area contributed by atoms with E-state index in [9.17, 15) is 52.7 Å². The molecule has 0 aromatic heterocycles. The third-order valence-electron chi connectivity index (χ3n) is 12.8. The van der Waals surface area contributed by atoms with Gasteiger partial charge in [-0.3, -0.25) is 33.6 Å². The molecular formula is C68H82Cl2O20. The van der Waals surface area contributed by atoms with Crippen LogP contribution in [0.1, 0.15) is 220 Å². The lowest BCUT2D eigenvalue weighted by Crippen LogP contribution is -2.11. The number of ketones is 1. The number of halogens is 2. The predicted octanol–water partition coefficient (Wildman–Crippen LogP) is 15.4. The summed E-state index contributed by atoms with van der Waals surface area (Å²) in [6.07, 6.45) is 17.6. The highest BCUT2D eigenvalue weighted by Crippen LogP contribution is 2.24. The number of unbranched alkanes of at least 4 members (excludes halogenated alkanes) is 15. The van der Waals surface area contributed by atoms with Gasteiger partial charge in [-0.25, -0.2) is 19.2 Å². The number of methoxy groups -OCH3 is 1. The van der Waals surface area contributed by atoms with Gasteiger partial charge in [-0.05, 0) is 129 Å². The molecule has 0 atom stereocenters. The SMILES string of the molecule is C.COC(=O)c1ccccc1OC(=O)CCCCCCCCC(=O)Oc1ccccc1C(C)=O.O=C(CCCCCCCCC(=O)Oc1ccccc1C(=O)O)Oc1ccccc1C(=O)O.O=C(Cl)CCCCCCCCC(=O)Cl.O=C(O)c1ccccc1O. The van der Waals surface area contributed by atoms with E-state index in [2.05, 4.69) is 0 Å². The first-order chi connectivity index (χ1) is 42.6.